The molecular formula is C20H30N6O3. The fourth-order valence-electron chi connectivity index (χ4n) is 4.70. The van der Waals surface area contributed by atoms with Gasteiger partial charge in [0.25, 0.3) is 11.8 Å². The minimum absolute atomic E-state index is 0.0890. The number of carbonyl (C=O) groups is 3. The zero-order valence-electron chi connectivity index (χ0n) is 17.5. The summed E-state index contributed by atoms with van der Waals surface area (Å²) < 4.78 is 2.05. The molecule has 2 saturated heterocycles. The number of hydrogen-bond donors (Lipinski definition) is 1. The Labute approximate surface area is 171 Å². The van der Waals surface area contributed by atoms with Crippen molar-refractivity contribution in [3.63, 3.8) is 0 Å². The molecule has 9 nitrogen and oxygen atoms in total. The smallest absolute Gasteiger partial charge is 0.327 e. The number of carbonyl (C=O) groups excluding carboxylic acids is 3. The Balaban J connectivity index is 1.49. The van der Waals surface area contributed by atoms with Crippen LogP contribution in [0.5, 0.6) is 0 Å². The maximum Gasteiger partial charge on any atom is 0.327 e. The SMILES string of the molecule is CC(C)CN1C(=O)N(C)C(=O)C12CCN(C(=O)c1cn3c(n1)CCNCC3)CC2. The van der Waals surface area contributed by atoms with E-state index in [1.807, 2.05) is 20.0 Å². The number of fused-ring (bicyclic) bond motifs is 1. The molecule has 2 fully saturated rings. The first-order valence-corrected chi connectivity index (χ1v) is 10.5. The van der Waals surface area contributed by atoms with E-state index < -0.39 is 5.54 Å². The predicted molar refractivity (Wildman–Crippen MR) is 106 cm³/mol. The van der Waals surface area contributed by atoms with Crippen molar-refractivity contribution < 1.29 is 14.4 Å². The zero-order valence-corrected chi connectivity index (χ0v) is 17.5. The van der Waals surface area contributed by atoms with Crippen molar-refractivity contribution in [2.24, 2.45) is 5.92 Å². The number of amides is 4. The summed E-state index contributed by atoms with van der Waals surface area (Å²) >= 11 is 0. The number of likely N-dealkylation sites (tertiary alicyclic amines) is 1. The second-order valence-electron chi connectivity index (χ2n) is 8.71. The van der Waals surface area contributed by atoms with Crippen LogP contribution in [-0.2, 0) is 17.8 Å². The van der Waals surface area contributed by atoms with Gasteiger partial charge in [-0.05, 0) is 18.8 Å². The number of nitrogens with zero attached hydrogens (tertiary/aromatic N) is 5. The molecule has 4 heterocycles. The minimum Gasteiger partial charge on any atom is -0.337 e. The van der Waals surface area contributed by atoms with Crippen LogP contribution in [0.15, 0.2) is 6.20 Å². The summed E-state index contributed by atoms with van der Waals surface area (Å²) in [7, 11) is 1.55. The molecule has 158 valence electrons. The van der Waals surface area contributed by atoms with Crippen molar-refractivity contribution in [2.75, 3.05) is 39.8 Å². The van der Waals surface area contributed by atoms with E-state index in [1.54, 1.807) is 16.8 Å². The number of likely N-dealkylation sites (N-methyl/N-ethyl adjacent to an activating group) is 1. The molecule has 0 bridgehead atoms. The van der Waals surface area contributed by atoms with E-state index in [9.17, 15) is 14.4 Å². The standard InChI is InChI=1S/C20H30N6O3/c1-14(2)12-26-19(29)23(3)18(28)20(26)5-9-24(10-6-20)17(27)15-13-25-11-8-21-7-4-16(25)22-15/h13-14,21H,4-12H2,1-3H3. The summed E-state index contributed by atoms with van der Waals surface area (Å²) in [5, 5.41) is 3.32. The van der Waals surface area contributed by atoms with Crippen LogP contribution >= 0.6 is 0 Å². The highest BCUT2D eigenvalue weighted by atomic mass is 16.2. The summed E-state index contributed by atoms with van der Waals surface area (Å²) in [6, 6.07) is -0.227. The van der Waals surface area contributed by atoms with Gasteiger partial charge in [-0.15, -0.1) is 0 Å². The first kappa shape index (κ1) is 19.9. The topological polar surface area (TPSA) is 90.8 Å². The third kappa shape index (κ3) is 3.31. The van der Waals surface area contributed by atoms with Gasteiger partial charge in [-0.1, -0.05) is 13.8 Å². The van der Waals surface area contributed by atoms with Crippen molar-refractivity contribution in [2.45, 2.75) is 45.2 Å². The van der Waals surface area contributed by atoms with Crippen molar-refractivity contribution in [3.8, 4) is 0 Å². The Kier molecular flexibility index (Phi) is 5.10. The van der Waals surface area contributed by atoms with Crippen LogP contribution < -0.4 is 5.32 Å². The number of imidazole rings is 1. The maximum atomic E-state index is 13.0. The molecule has 9 heteroatoms. The molecule has 1 aromatic rings. The Morgan fingerprint density at radius 3 is 2.62 bits per heavy atom. The molecule has 0 saturated carbocycles. The molecule has 4 amide bonds. The lowest BCUT2D eigenvalue weighted by molar-refractivity contribution is -0.134. The Bertz CT molecular complexity index is 801. The average Bonchev–Trinajstić information content (AvgIpc) is 3.07. The molecule has 1 aromatic heterocycles. The molecule has 0 aliphatic carbocycles. The summed E-state index contributed by atoms with van der Waals surface area (Å²) in [6.07, 6.45) is 3.59. The molecule has 3 aliphatic rings. The van der Waals surface area contributed by atoms with Gasteiger partial charge < -0.3 is 19.7 Å². The number of nitrogens with one attached hydrogen (secondary N) is 1. The zero-order chi connectivity index (χ0) is 20.8. The maximum absolute atomic E-state index is 13.0. The van der Waals surface area contributed by atoms with E-state index >= 15 is 0 Å². The normalized spacial score (nSPS) is 21.9. The molecule has 0 atom stereocenters. The molecule has 1 N–H and O–H groups in total. The van der Waals surface area contributed by atoms with E-state index in [2.05, 4.69) is 14.9 Å². The quantitative estimate of drug-likeness (QED) is 0.746. The molecule has 4 rings (SSSR count). The van der Waals surface area contributed by atoms with Crippen molar-refractivity contribution in [1.82, 2.24) is 29.6 Å². The fraction of sp³-hybridized carbons (Fsp3) is 0.700. The van der Waals surface area contributed by atoms with Gasteiger partial charge >= 0.3 is 6.03 Å². The summed E-state index contributed by atoms with van der Waals surface area (Å²) in [5.41, 5.74) is -0.341. The van der Waals surface area contributed by atoms with Crippen molar-refractivity contribution in [3.05, 3.63) is 17.7 Å². The first-order chi connectivity index (χ1) is 13.8. The third-order valence-corrected chi connectivity index (χ3v) is 6.30. The van der Waals surface area contributed by atoms with E-state index in [-0.39, 0.29) is 23.8 Å². The van der Waals surface area contributed by atoms with E-state index in [0.717, 1.165) is 31.9 Å². The predicted octanol–water partition coefficient (Wildman–Crippen LogP) is 0.554. The van der Waals surface area contributed by atoms with Crippen molar-refractivity contribution >= 4 is 17.8 Å². The highest BCUT2D eigenvalue weighted by Crippen LogP contribution is 2.37. The average molecular weight is 402 g/mol. The number of rotatable bonds is 3. The van der Waals surface area contributed by atoms with Crippen LogP contribution in [-0.4, -0.2) is 87.4 Å². The highest BCUT2D eigenvalue weighted by Gasteiger charge is 2.57. The van der Waals surface area contributed by atoms with Crippen LogP contribution in [0.2, 0.25) is 0 Å². The molecule has 29 heavy (non-hydrogen) atoms. The lowest BCUT2D eigenvalue weighted by Crippen LogP contribution is -2.58. The van der Waals surface area contributed by atoms with Gasteiger partial charge in [0.15, 0.2) is 0 Å². The number of hydrogen-bond acceptors (Lipinski definition) is 5. The second-order valence-corrected chi connectivity index (χ2v) is 8.71. The first-order valence-electron chi connectivity index (χ1n) is 10.5. The van der Waals surface area contributed by atoms with Gasteiger partial charge in [0.1, 0.15) is 17.1 Å². The fourth-order valence-corrected chi connectivity index (χ4v) is 4.70. The van der Waals surface area contributed by atoms with Crippen LogP contribution in [0.4, 0.5) is 4.79 Å². The molecule has 3 aliphatic heterocycles. The second kappa shape index (κ2) is 7.44. The van der Waals surface area contributed by atoms with Gasteiger partial charge in [-0.3, -0.25) is 14.5 Å². The van der Waals surface area contributed by atoms with Crippen LogP contribution in [0.25, 0.3) is 0 Å². The number of urea groups is 1. The summed E-state index contributed by atoms with van der Waals surface area (Å²) in [4.78, 5) is 47.9. The number of aromatic nitrogens is 2. The third-order valence-electron chi connectivity index (χ3n) is 6.30. The minimum atomic E-state index is -0.816. The monoisotopic (exact) mass is 402 g/mol. The number of piperidine rings is 1. The van der Waals surface area contributed by atoms with Crippen LogP contribution in [0.1, 0.15) is 43.0 Å². The van der Waals surface area contributed by atoms with E-state index in [0.29, 0.717) is 38.2 Å². The molecule has 0 radical (unpaired) electrons. The van der Waals surface area contributed by atoms with Crippen LogP contribution in [0.3, 0.4) is 0 Å². The molecular weight excluding hydrogens is 372 g/mol. The largest absolute Gasteiger partial charge is 0.337 e. The van der Waals surface area contributed by atoms with Gasteiger partial charge in [0, 0.05) is 58.9 Å². The highest BCUT2D eigenvalue weighted by molar-refractivity contribution is 6.07. The van der Waals surface area contributed by atoms with Crippen molar-refractivity contribution in [1.29, 1.82) is 0 Å². The Morgan fingerprint density at radius 2 is 1.93 bits per heavy atom. The Hall–Kier alpha value is -2.42. The van der Waals surface area contributed by atoms with Crippen LogP contribution in [0, 0.1) is 5.92 Å². The lowest BCUT2D eigenvalue weighted by Gasteiger charge is -2.42. The van der Waals surface area contributed by atoms with E-state index in [1.165, 1.54) is 4.90 Å². The van der Waals surface area contributed by atoms with E-state index in [4.69, 9.17) is 0 Å². The molecule has 1 spiro atoms. The molecule has 0 aromatic carbocycles. The van der Waals surface area contributed by atoms with Gasteiger partial charge in [0.2, 0.25) is 0 Å². The lowest BCUT2D eigenvalue weighted by atomic mass is 9.85. The summed E-state index contributed by atoms with van der Waals surface area (Å²) in [6.45, 7) is 8.08. The number of imide groups is 1. The van der Waals surface area contributed by atoms with Gasteiger partial charge in [-0.2, -0.15) is 0 Å². The summed E-state index contributed by atoms with van der Waals surface area (Å²) in [5.74, 6) is 0.976. The van der Waals surface area contributed by atoms with Gasteiger partial charge in [-0.25, -0.2) is 9.78 Å². The van der Waals surface area contributed by atoms with Gasteiger partial charge in [0.05, 0.1) is 0 Å². The Morgan fingerprint density at radius 1 is 1.21 bits per heavy atom. The molecule has 0 unspecified atom stereocenters.